The van der Waals surface area contributed by atoms with Crippen LogP contribution in [0, 0.1) is 11.3 Å². The van der Waals surface area contributed by atoms with Crippen LogP contribution in [0.4, 0.5) is 0 Å². The molecule has 0 saturated heterocycles. The van der Waals surface area contributed by atoms with E-state index < -0.39 is 11.9 Å². The second-order valence-corrected chi connectivity index (χ2v) is 3.81. The maximum atomic E-state index is 11.8. The molecule has 0 aliphatic rings. The Morgan fingerprint density at radius 2 is 2.00 bits per heavy atom. The minimum atomic E-state index is -0.918. The van der Waals surface area contributed by atoms with Gasteiger partial charge in [0.25, 0.3) is 0 Å². The van der Waals surface area contributed by atoms with Gasteiger partial charge >= 0.3 is 0 Å². The van der Waals surface area contributed by atoms with Gasteiger partial charge in [-0.05, 0) is 13.8 Å². The van der Waals surface area contributed by atoms with E-state index in [-0.39, 0.29) is 24.8 Å². The number of nitriles is 1. The Kier molecular flexibility index (Phi) is 6.11. The van der Waals surface area contributed by atoms with Crippen molar-refractivity contribution < 1.29 is 9.59 Å². The van der Waals surface area contributed by atoms with Crippen LogP contribution in [0.5, 0.6) is 0 Å². The molecule has 4 N–H and O–H groups in total. The Bertz CT molecular complexity index is 296. The van der Waals surface area contributed by atoms with Crippen LogP contribution in [-0.4, -0.2) is 35.3 Å². The summed E-state index contributed by atoms with van der Waals surface area (Å²) in [4.78, 5) is 23.9. The molecular weight excluding hydrogens is 208 g/mol. The van der Waals surface area contributed by atoms with E-state index in [4.69, 9.17) is 16.7 Å². The zero-order valence-corrected chi connectivity index (χ0v) is 9.64. The third-order valence-electron chi connectivity index (χ3n) is 2.11. The van der Waals surface area contributed by atoms with Crippen LogP contribution in [0.25, 0.3) is 0 Å². The highest BCUT2D eigenvalue weighted by atomic mass is 16.2. The van der Waals surface area contributed by atoms with Crippen LogP contribution < -0.4 is 11.5 Å². The van der Waals surface area contributed by atoms with Crippen molar-refractivity contribution in [1.82, 2.24) is 4.90 Å². The summed E-state index contributed by atoms with van der Waals surface area (Å²) in [5.41, 5.74) is 10.5. The van der Waals surface area contributed by atoms with Gasteiger partial charge in [0.2, 0.25) is 11.8 Å². The number of amides is 2. The third kappa shape index (κ3) is 4.75. The first-order valence-electron chi connectivity index (χ1n) is 5.11. The van der Waals surface area contributed by atoms with Gasteiger partial charge in [0, 0.05) is 12.6 Å². The quantitative estimate of drug-likeness (QED) is 0.625. The zero-order valence-electron chi connectivity index (χ0n) is 9.64. The second kappa shape index (κ2) is 6.80. The highest BCUT2D eigenvalue weighted by molar-refractivity contribution is 5.87. The maximum Gasteiger partial charge on any atom is 0.240 e. The number of nitrogens with two attached hydrogens (primary N) is 2. The lowest BCUT2D eigenvalue weighted by molar-refractivity contribution is -0.136. The summed E-state index contributed by atoms with van der Waals surface area (Å²) < 4.78 is 0. The van der Waals surface area contributed by atoms with Crippen molar-refractivity contribution in [2.45, 2.75) is 38.8 Å². The van der Waals surface area contributed by atoms with E-state index in [1.165, 1.54) is 4.90 Å². The summed E-state index contributed by atoms with van der Waals surface area (Å²) in [6, 6.07) is 0.988. The smallest absolute Gasteiger partial charge is 0.240 e. The van der Waals surface area contributed by atoms with E-state index in [2.05, 4.69) is 0 Å². The molecule has 0 aliphatic heterocycles. The molecule has 0 saturated carbocycles. The average Bonchev–Trinajstić information content (AvgIpc) is 2.16. The van der Waals surface area contributed by atoms with Gasteiger partial charge in [-0.15, -0.1) is 0 Å². The lowest BCUT2D eigenvalue weighted by atomic mass is 10.1. The van der Waals surface area contributed by atoms with Crippen molar-refractivity contribution in [2.75, 3.05) is 6.54 Å². The van der Waals surface area contributed by atoms with Crippen LogP contribution >= 0.6 is 0 Å². The van der Waals surface area contributed by atoms with Crippen LogP contribution in [0.3, 0.4) is 0 Å². The summed E-state index contributed by atoms with van der Waals surface area (Å²) in [6.07, 6.45) is 0.0712. The molecule has 90 valence electrons. The summed E-state index contributed by atoms with van der Waals surface area (Å²) >= 11 is 0. The average molecular weight is 226 g/mol. The first-order chi connectivity index (χ1) is 7.40. The minimum Gasteiger partial charge on any atom is -0.370 e. The fourth-order valence-corrected chi connectivity index (χ4v) is 1.31. The standard InChI is InChI=1S/C10H18N4O2/c1-7(2)14(5-3-4-11)10(16)8(12)6-9(13)15/h7-8H,3,5-6,12H2,1-2H3,(H2,13,15). The Morgan fingerprint density at radius 3 is 2.38 bits per heavy atom. The molecule has 0 bridgehead atoms. The summed E-state index contributed by atoms with van der Waals surface area (Å²) in [6.45, 7) is 3.97. The first-order valence-corrected chi connectivity index (χ1v) is 5.11. The van der Waals surface area contributed by atoms with Gasteiger partial charge in [0.1, 0.15) is 0 Å². The van der Waals surface area contributed by atoms with Crippen molar-refractivity contribution in [2.24, 2.45) is 11.5 Å². The molecule has 0 spiro atoms. The van der Waals surface area contributed by atoms with Crippen LogP contribution in [0.15, 0.2) is 0 Å². The summed E-state index contributed by atoms with van der Waals surface area (Å²) in [7, 11) is 0. The molecular formula is C10H18N4O2. The molecule has 6 heteroatoms. The highest BCUT2D eigenvalue weighted by Crippen LogP contribution is 2.04. The van der Waals surface area contributed by atoms with E-state index in [0.29, 0.717) is 6.54 Å². The van der Waals surface area contributed by atoms with E-state index in [0.717, 1.165) is 0 Å². The van der Waals surface area contributed by atoms with E-state index in [9.17, 15) is 9.59 Å². The number of rotatable bonds is 6. The number of hydrogen-bond donors (Lipinski definition) is 2. The maximum absolute atomic E-state index is 11.8. The number of carbonyl (C=O) groups is 2. The second-order valence-electron chi connectivity index (χ2n) is 3.81. The Morgan fingerprint density at radius 1 is 1.44 bits per heavy atom. The van der Waals surface area contributed by atoms with E-state index >= 15 is 0 Å². The van der Waals surface area contributed by atoms with Gasteiger partial charge in [-0.25, -0.2) is 0 Å². The number of hydrogen-bond acceptors (Lipinski definition) is 4. The molecule has 0 aromatic rings. The summed E-state index contributed by atoms with van der Waals surface area (Å²) in [5.74, 6) is -0.950. The molecule has 0 aromatic heterocycles. The monoisotopic (exact) mass is 226 g/mol. The number of primary amides is 1. The molecule has 0 aliphatic carbocycles. The molecule has 0 fully saturated rings. The Hall–Kier alpha value is -1.61. The zero-order chi connectivity index (χ0) is 12.7. The molecule has 0 heterocycles. The van der Waals surface area contributed by atoms with Gasteiger partial charge in [-0.1, -0.05) is 0 Å². The predicted octanol–water partition coefficient (Wildman–Crippen LogP) is -0.660. The van der Waals surface area contributed by atoms with Gasteiger partial charge in [0.05, 0.1) is 25.0 Å². The molecule has 16 heavy (non-hydrogen) atoms. The SMILES string of the molecule is CC(C)N(CCC#N)C(=O)C(N)CC(N)=O. The van der Waals surface area contributed by atoms with Crippen molar-refractivity contribution >= 4 is 11.8 Å². The molecule has 0 rings (SSSR count). The minimum absolute atomic E-state index is 0.0558. The first kappa shape index (κ1) is 14.4. The molecule has 2 amide bonds. The number of nitrogens with zero attached hydrogens (tertiary/aromatic N) is 2. The van der Waals surface area contributed by atoms with E-state index in [1.54, 1.807) is 0 Å². The molecule has 1 atom stereocenters. The summed E-state index contributed by atoms with van der Waals surface area (Å²) in [5, 5.41) is 8.47. The Balaban J connectivity index is 4.49. The fourth-order valence-electron chi connectivity index (χ4n) is 1.31. The van der Waals surface area contributed by atoms with Crippen LogP contribution in [0.2, 0.25) is 0 Å². The topological polar surface area (TPSA) is 113 Å². The van der Waals surface area contributed by atoms with Crippen LogP contribution in [0.1, 0.15) is 26.7 Å². The third-order valence-corrected chi connectivity index (χ3v) is 2.11. The van der Waals surface area contributed by atoms with E-state index in [1.807, 2.05) is 19.9 Å². The fraction of sp³-hybridized carbons (Fsp3) is 0.700. The highest BCUT2D eigenvalue weighted by Gasteiger charge is 2.24. The van der Waals surface area contributed by atoms with Crippen molar-refractivity contribution in [3.63, 3.8) is 0 Å². The van der Waals surface area contributed by atoms with Crippen molar-refractivity contribution in [1.29, 1.82) is 5.26 Å². The Labute approximate surface area is 95.2 Å². The molecule has 1 unspecified atom stereocenters. The predicted molar refractivity (Wildman–Crippen MR) is 58.9 cm³/mol. The lowest BCUT2D eigenvalue weighted by Crippen LogP contribution is -2.48. The lowest BCUT2D eigenvalue weighted by Gasteiger charge is -2.28. The molecule has 6 nitrogen and oxygen atoms in total. The largest absolute Gasteiger partial charge is 0.370 e. The molecule has 0 radical (unpaired) electrons. The number of carbonyl (C=O) groups excluding carboxylic acids is 2. The van der Waals surface area contributed by atoms with Crippen molar-refractivity contribution in [3.05, 3.63) is 0 Å². The van der Waals surface area contributed by atoms with Gasteiger partial charge in [-0.3, -0.25) is 9.59 Å². The van der Waals surface area contributed by atoms with Crippen molar-refractivity contribution in [3.8, 4) is 6.07 Å². The van der Waals surface area contributed by atoms with Gasteiger partial charge < -0.3 is 16.4 Å². The molecule has 0 aromatic carbocycles. The normalized spacial score (nSPS) is 11.9. The van der Waals surface area contributed by atoms with Gasteiger partial charge in [-0.2, -0.15) is 5.26 Å². The van der Waals surface area contributed by atoms with Gasteiger partial charge in [0.15, 0.2) is 0 Å². The van der Waals surface area contributed by atoms with Crippen LogP contribution in [-0.2, 0) is 9.59 Å².